The molecular formula is C21H21N3O3. The van der Waals surface area contributed by atoms with Crippen molar-refractivity contribution in [1.82, 2.24) is 5.32 Å². The molecule has 0 aromatic heterocycles. The third-order valence-corrected chi connectivity index (χ3v) is 4.37. The number of anilines is 1. The van der Waals surface area contributed by atoms with Crippen molar-refractivity contribution in [3.8, 4) is 0 Å². The van der Waals surface area contributed by atoms with Crippen LogP contribution in [0.1, 0.15) is 31.1 Å². The average Bonchev–Trinajstić information content (AvgIpc) is 2.60. The zero-order valence-corrected chi connectivity index (χ0v) is 15.4. The monoisotopic (exact) mass is 363 g/mol. The number of aliphatic imine (C=N–C) groups is 1. The first-order valence-corrected chi connectivity index (χ1v) is 8.76. The molecule has 3 rings (SSSR count). The van der Waals surface area contributed by atoms with Crippen LogP contribution in [0, 0.1) is 11.8 Å². The van der Waals surface area contributed by atoms with E-state index >= 15 is 0 Å². The zero-order chi connectivity index (χ0) is 19.6. The van der Waals surface area contributed by atoms with Gasteiger partial charge in [0.15, 0.2) is 0 Å². The minimum absolute atomic E-state index is 0.00805. The summed E-state index contributed by atoms with van der Waals surface area (Å²) in [5.41, 5.74) is 3.30. The van der Waals surface area contributed by atoms with Crippen molar-refractivity contribution >= 4 is 29.1 Å². The Morgan fingerprint density at radius 2 is 1.85 bits per heavy atom. The van der Waals surface area contributed by atoms with Gasteiger partial charge in [-0.1, -0.05) is 19.9 Å². The lowest BCUT2D eigenvalue weighted by Gasteiger charge is -2.29. The fourth-order valence-corrected chi connectivity index (χ4v) is 3.10. The maximum atomic E-state index is 12.4. The van der Waals surface area contributed by atoms with Crippen LogP contribution in [0.15, 0.2) is 64.8 Å². The highest BCUT2D eigenvalue weighted by atomic mass is 16.2. The Morgan fingerprint density at radius 3 is 2.48 bits per heavy atom. The number of allylic oxidation sites excluding steroid dienone is 3. The molecule has 27 heavy (non-hydrogen) atoms. The van der Waals surface area contributed by atoms with Gasteiger partial charge in [0.05, 0.1) is 5.71 Å². The van der Waals surface area contributed by atoms with Gasteiger partial charge in [0.1, 0.15) is 0 Å². The Labute approximate surface area is 157 Å². The normalized spacial score (nSPS) is 19.9. The van der Waals surface area contributed by atoms with Crippen LogP contribution in [-0.4, -0.2) is 23.4 Å². The second-order valence-corrected chi connectivity index (χ2v) is 6.83. The molecule has 0 fully saturated rings. The van der Waals surface area contributed by atoms with Crippen molar-refractivity contribution in [2.24, 2.45) is 16.8 Å². The zero-order valence-electron chi connectivity index (χ0n) is 15.4. The number of rotatable bonds is 3. The van der Waals surface area contributed by atoms with E-state index in [1.807, 2.05) is 19.9 Å². The molecule has 0 radical (unpaired) electrons. The van der Waals surface area contributed by atoms with Gasteiger partial charge >= 0.3 is 0 Å². The molecule has 0 saturated carbocycles. The fraction of sp³-hybridized carbons (Fsp3) is 0.238. The van der Waals surface area contributed by atoms with E-state index in [9.17, 15) is 14.4 Å². The minimum Gasteiger partial charge on any atom is -0.326 e. The molecule has 0 saturated heterocycles. The third kappa shape index (κ3) is 4.28. The van der Waals surface area contributed by atoms with Crippen LogP contribution in [0.5, 0.6) is 0 Å². The average molecular weight is 363 g/mol. The molecule has 1 aromatic rings. The van der Waals surface area contributed by atoms with Gasteiger partial charge < -0.3 is 10.6 Å². The van der Waals surface area contributed by atoms with Crippen LogP contribution in [-0.2, 0) is 9.59 Å². The summed E-state index contributed by atoms with van der Waals surface area (Å²) < 4.78 is 0. The van der Waals surface area contributed by atoms with Gasteiger partial charge in [0.2, 0.25) is 11.8 Å². The second-order valence-electron chi connectivity index (χ2n) is 6.83. The Balaban J connectivity index is 1.80. The molecule has 0 spiro atoms. The highest BCUT2D eigenvalue weighted by molar-refractivity contribution is 6.14. The van der Waals surface area contributed by atoms with E-state index in [1.54, 1.807) is 42.5 Å². The molecule has 138 valence electrons. The molecule has 1 heterocycles. The SMILES string of the molecule is CC(=O)Nc1ccc(C(=O)N=C2C=CC3C(=C2)NC(=O)C=C3C(C)C)cc1. The quantitative estimate of drug-likeness (QED) is 0.865. The highest BCUT2D eigenvalue weighted by Gasteiger charge is 2.27. The molecule has 1 aromatic carbocycles. The number of carbonyl (C=O) groups excluding carboxylic acids is 3. The first kappa shape index (κ1) is 18.5. The summed E-state index contributed by atoms with van der Waals surface area (Å²) in [6.45, 7) is 5.52. The van der Waals surface area contributed by atoms with E-state index in [1.165, 1.54) is 6.92 Å². The maximum Gasteiger partial charge on any atom is 0.277 e. The van der Waals surface area contributed by atoms with Crippen LogP contribution < -0.4 is 10.6 Å². The summed E-state index contributed by atoms with van der Waals surface area (Å²) in [6, 6.07) is 6.53. The maximum absolute atomic E-state index is 12.4. The lowest BCUT2D eigenvalue weighted by atomic mass is 9.82. The molecule has 6 nitrogen and oxygen atoms in total. The second kappa shape index (κ2) is 7.53. The van der Waals surface area contributed by atoms with Crippen LogP contribution in [0.3, 0.4) is 0 Å². The lowest BCUT2D eigenvalue weighted by Crippen LogP contribution is -2.34. The molecule has 2 N–H and O–H groups in total. The van der Waals surface area contributed by atoms with E-state index < -0.39 is 0 Å². The predicted molar refractivity (Wildman–Crippen MR) is 104 cm³/mol. The topological polar surface area (TPSA) is 87.6 Å². The predicted octanol–water partition coefficient (Wildman–Crippen LogP) is 3.01. The van der Waals surface area contributed by atoms with E-state index in [0.29, 0.717) is 17.0 Å². The molecule has 3 amide bonds. The summed E-state index contributed by atoms with van der Waals surface area (Å²) in [4.78, 5) is 39.5. The van der Waals surface area contributed by atoms with Crippen LogP contribution in [0.4, 0.5) is 5.69 Å². The smallest absolute Gasteiger partial charge is 0.277 e. The minimum atomic E-state index is -0.388. The number of benzene rings is 1. The molecule has 0 bridgehead atoms. The van der Waals surface area contributed by atoms with E-state index in [2.05, 4.69) is 15.6 Å². The Hall–Kier alpha value is -3.28. The van der Waals surface area contributed by atoms with Crippen molar-refractivity contribution in [3.63, 3.8) is 0 Å². The van der Waals surface area contributed by atoms with Gasteiger partial charge in [0, 0.05) is 35.9 Å². The number of nitrogens with one attached hydrogen (secondary N) is 2. The lowest BCUT2D eigenvalue weighted by molar-refractivity contribution is -0.116. The van der Waals surface area contributed by atoms with E-state index in [0.717, 1.165) is 11.3 Å². The van der Waals surface area contributed by atoms with E-state index in [4.69, 9.17) is 0 Å². The van der Waals surface area contributed by atoms with Gasteiger partial charge in [-0.05, 0) is 47.9 Å². The number of carbonyl (C=O) groups is 3. The molecular weight excluding hydrogens is 342 g/mol. The number of hydrogen-bond donors (Lipinski definition) is 2. The Morgan fingerprint density at radius 1 is 1.15 bits per heavy atom. The highest BCUT2D eigenvalue weighted by Crippen LogP contribution is 2.31. The van der Waals surface area contributed by atoms with Crippen molar-refractivity contribution in [2.45, 2.75) is 20.8 Å². The van der Waals surface area contributed by atoms with Crippen molar-refractivity contribution in [2.75, 3.05) is 5.32 Å². The summed E-state index contributed by atoms with van der Waals surface area (Å²) in [5, 5.41) is 5.48. The Bertz CT molecular complexity index is 918. The van der Waals surface area contributed by atoms with Crippen LogP contribution in [0.2, 0.25) is 0 Å². The van der Waals surface area contributed by atoms with Crippen LogP contribution >= 0.6 is 0 Å². The number of fused-ring (bicyclic) bond motifs is 1. The molecule has 1 aliphatic heterocycles. The van der Waals surface area contributed by atoms with Gasteiger partial charge in [-0.15, -0.1) is 0 Å². The third-order valence-electron chi connectivity index (χ3n) is 4.37. The fourth-order valence-electron chi connectivity index (χ4n) is 3.10. The van der Waals surface area contributed by atoms with E-state index in [-0.39, 0.29) is 29.6 Å². The van der Waals surface area contributed by atoms with Gasteiger partial charge in [0.25, 0.3) is 5.91 Å². The summed E-state index contributed by atoms with van der Waals surface area (Å²) in [5.74, 6) is -0.464. The van der Waals surface area contributed by atoms with Gasteiger partial charge in [-0.2, -0.15) is 0 Å². The van der Waals surface area contributed by atoms with Gasteiger partial charge in [-0.3, -0.25) is 14.4 Å². The molecule has 2 aliphatic rings. The van der Waals surface area contributed by atoms with Crippen molar-refractivity contribution < 1.29 is 14.4 Å². The summed E-state index contributed by atoms with van der Waals surface area (Å²) >= 11 is 0. The number of hydrogen-bond acceptors (Lipinski definition) is 3. The summed E-state index contributed by atoms with van der Waals surface area (Å²) in [7, 11) is 0. The first-order chi connectivity index (χ1) is 12.8. The largest absolute Gasteiger partial charge is 0.326 e. The molecule has 1 unspecified atom stereocenters. The van der Waals surface area contributed by atoms with Crippen molar-refractivity contribution in [3.05, 3.63) is 65.4 Å². The molecule has 1 atom stereocenters. The first-order valence-electron chi connectivity index (χ1n) is 8.76. The Kier molecular flexibility index (Phi) is 5.16. The van der Waals surface area contributed by atoms with Gasteiger partial charge in [-0.25, -0.2) is 4.99 Å². The standard InChI is InChI=1S/C21H21N3O3/c1-12(2)18-11-20(26)24-19-10-16(8-9-17(18)19)23-21(27)14-4-6-15(7-5-14)22-13(3)25/h4-12,17H,1-3H3,(H,22,25)(H,24,26). The van der Waals surface area contributed by atoms with Crippen LogP contribution in [0.25, 0.3) is 0 Å². The summed E-state index contributed by atoms with van der Waals surface area (Å²) in [6.07, 6.45) is 7.13. The molecule has 1 aliphatic carbocycles. The molecule has 6 heteroatoms. The number of nitrogens with zero attached hydrogens (tertiary/aromatic N) is 1. The van der Waals surface area contributed by atoms with Crippen molar-refractivity contribution in [1.29, 1.82) is 0 Å². The number of amides is 3.